The van der Waals surface area contributed by atoms with Crippen molar-refractivity contribution in [3.05, 3.63) is 65.2 Å². The zero-order valence-electron chi connectivity index (χ0n) is 19.5. The average molecular weight is 494 g/mol. The number of hydrogen-bond acceptors (Lipinski definition) is 4. The van der Waals surface area contributed by atoms with Gasteiger partial charge in [0.05, 0.1) is 17.0 Å². The van der Waals surface area contributed by atoms with Gasteiger partial charge in [-0.1, -0.05) is 61.0 Å². The summed E-state index contributed by atoms with van der Waals surface area (Å²) in [6.07, 6.45) is 2.31. The van der Waals surface area contributed by atoms with Gasteiger partial charge in [0.2, 0.25) is 21.8 Å². The highest BCUT2D eigenvalue weighted by Gasteiger charge is 2.30. The van der Waals surface area contributed by atoms with Gasteiger partial charge in [-0.3, -0.25) is 13.9 Å². The molecule has 0 aliphatic rings. The van der Waals surface area contributed by atoms with Gasteiger partial charge >= 0.3 is 0 Å². The Bertz CT molecular complexity index is 1050. The van der Waals surface area contributed by atoms with Crippen LogP contribution < -0.4 is 9.62 Å². The highest BCUT2D eigenvalue weighted by atomic mass is 35.5. The van der Waals surface area contributed by atoms with Crippen LogP contribution in [0.1, 0.15) is 32.8 Å². The fraction of sp³-hybridized carbons (Fsp3) is 0.417. The van der Waals surface area contributed by atoms with Crippen LogP contribution >= 0.6 is 11.6 Å². The molecule has 1 N–H and O–H groups in total. The van der Waals surface area contributed by atoms with Gasteiger partial charge in [-0.25, -0.2) is 8.42 Å². The first-order valence-electron chi connectivity index (χ1n) is 10.9. The molecule has 180 valence electrons. The zero-order chi connectivity index (χ0) is 24.6. The molecule has 0 bridgehead atoms. The standard InChI is InChI=1S/C24H32ClN3O4S/c1-5-18(2)26-24(30)19(3)27(16-15-20-11-7-6-8-12-20)23(29)17-28(33(4,31)32)22-14-10-9-13-21(22)25/h6-14,18-19H,5,15-17H2,1-4H3,(H,26,30). The number of sulfonamides is 1. The van der Waals surface area contributed by atoms with E-state index in [9.17, 15) is 18.0 Å². The van der Waals surface area contributed by atoms with Crippen LogP contribution in [0.5, 0.6) is 0 Å². The number of nitrogens with one attached hydrogen (secondary N) is 1. The third kappa shape index (κ3) is 7.75. The Morgan fingerprint density at radius 2 is 1.64 bits per heavy atom. The normalized spacial score (nSPS) is 13.1. The second kappa shape index (κ2) is 12.0. The zero-order valence-corrected chi connectivity index (χ0v) is 21.1. The van der Waals surface area contributed by atoms with E-state index in [4.69, 9.17) is 11.6 Å². The molecule has 0 radical (unpaired) electrons. The van der Waals surface area contributed by atoms with Crippen molar-refractivity contribution in [1.82, 2.24) is 10.2 Å². The lowest BCUT2D eigenvalue weighted by molar-refractivity contribution is -0.139. The van der Waals surface area contributed by atoms with Crippen LogP contribution in [0, 0.1) is 0 Å². The second-order valence-corrected chi connectivity index (χ2v) is 10.4. The fourth-order valence-corrected chi connectivity index (χ4v) is 4.43. The Balaban J connectivity index is 2.31. The second-order valence-electron chi connectivity index (χ2n) is 8.04. The molecule has 7 nitrogen and oxygen atoms in total. The molecule has 0 aromatic heterocycles. The van der Waals surface area contributed by atoms with Crippen LogP contribution in [0.3, 0.4) is 0 Å². The summed E-state index contributed by atoms with van der Waals surface area (Å²) in [6.45, 7) is 5.31. The van der Waals surface area contributed by atoms with Crippen LogP contribution in [0.15, 0.2) is 54.6 Å². The summed E-state index contributed by atoms with van der Waals surface area (Å²) in [4.78, 5) is 27.7. The van der Waals surface area contributed by atoms with Crippen molar-refractivity contribution in [2.75, 3.05) is 23.7 Å². The van der Waals surface area contributed by atoms with Crippen molar-refractivity contribution in [1.29, 1.82) is 0 Å². The predicted molar refractivity (Wildman–Crippen MR) is 133 cm³/mol. The molecule has 2 aromatic carbocycles. The van der Waals surface area contributed by atoms with Crippen LogP contribution in [-0.2, 0) is 26.0 Å². The number of nitrogens with zero attached hydrogens (tertiary/aromatic N) is 2. The van der Waals surface area contributed by atoms with E-state index in [1.54, 1.807) is 31.2 Å². The van der Waals surface area contributed by atoms with Gasteiger partial charge in [-0.2, -0.15) is 0 Å². The van der Waals surface area contributed by atoms with Crippen molar-refractivity contribution in [2.45, 2.75) is 45.7 Å². The molecule has 0 heterocycles. The van der Waals surface area contributed by atoms with Gasteiger partial charge in [0.1, 0.15) is 12.6 Å². The largest absolute Gasteiger partial charge is 0.352 e. The van der Waals surface area contributed by atoms with Gasteiger partial charge in [-0.05, 0) is 44.4 Å². The molecule has 9 heteroatoms. The van der Waals surface area contributed by atoms with Crippen molar-refractivity contribution in [2.24, 2.45) is 0 Å². The van der Waals surface area contributed by atoms with Crippen LogP contribution in [0.2, 0.25) is 5.02 Å². The summed E-state index contributed by atoms with van der Waals surface area (Å²) < 4.78 is 26.0. The average Bonchev–Trinajstić information content (AvgIpc) is 2.77. The fourth-order valence-electron chi connectivity index (χ4n) is 3.28. The SMILES string of the molecule is CCC(C)NC(=O)C(C)N(CCc1ccccc1)C(=O)CN(c1ccccc1Cl)S(C)(=O)=O. The maximum Gasteiger partial charge on any atom is 0.244 e. The lowest BCUT2D eigenvalue weighted by Crippen LogP contribution is -2.53. The first-order chi connectivity index (χ1) is 15.5. The Morgan fingerprint density at radius 3 is 2.21 bits per heavy atom. The Hall–Kier alpha value is -2.58. The number of halogens is 1. The number of rotatable bonds is 11. The van der Waals surface area contributed by atoms with E-state index in [0.29, 0.717) is 6.42 Å². The molecular weight excluding hydrogens is 462 g/mol. The summed E-state index contributed by atoms with van der Waals surface area (Å²) >= 11 is 6.22. The number of para-hydroxylation sites is 1. The van der Waals surface area contributed by atoms with Crippen LogP contribution in [0.25, 0.3) is 0 Å². The Kier molecular flexibility index (Phi) is 9.73. The van der Waals surface area contributed by atoms with Crippen molar-refractivity contribution in [3.63, 3.8) is 0 Å². The van der Waals surface area contributed by atoms with E-state index >= 15 is 0 Å². The molecule has 0 fully saturated rings. The lowest BCUT2D eigenvalue weighted by Gasteiger charge is -2.32. The van der Waals surface area contributed by atoms with E-state index in [-0.39, 0.29) is 29.2 Å². The topological polar surface area (TPSA) is 86.8 Å². The van der Waals surface area contributed by atoms with Gasteiger partial charge in [-0.15, -0.1) is 0 Å². The molecule has 2 amide bonds. The van der Waals surface area contributed by atoms with Gasteiger partial charge in [0.25, 0.3) is 0 Å². The molecule has 2 unspecified atom stereocenters. The minimum atomic E-state index is -3.80. The third-order valence-corrected chi connectivity index (χ3v) is 6.90. The quantitative estimate of drug-likeness (QED) is 0.519. The summed E-state index contributed by atoms with van der Waals surface area (Å²) in [5.41, 5.74) is 1.23. The van der Waals surface area contributed by atoms with Crippen LogP contribution in [-0.4, -0.2) is 56.6 Å². The summed E-state index contributed by atoms with van der Waals surface area (Å²) in [7, 11) is -3.80. The van der Waals surface area contributed by atoms with Gasteiger partial charge < -0.3 is 10.2 Å². The minimum Gasteiger partial charge on any atom is -0.352 e. The minimum absolute atomic E-state index is 0.0401. The highest BCUT2D eigenvalue weighted by molar-refractivity contribution is 7.92. The number of amides is 2. The molecule has 0 spiro atoms. The molecule has 0 saturated heterocycles. The van der Waals surface area contributed by atoms with Gasteiger partial charge in [0.15, 0.2) is 0 Å². The number of benzene rings is 2. The Morgan fingerprint density at radius 1 is 1.03 bits per heavy atom. The summed E-state index contributed by atoms with van der Waals surface area (Å²) in [6, 6.07) is 15.2. The lowest BCUT2D eigenvalue weighted by atomic mass is 10.1. The molecule has 2 rings (SSSR count). The Labute approximate surface area is 201 Å². The third-order valence-electron chi connectivity index (χ3n) is 5.45. The smallest absolute Gasteiger partial charge is 0.244 e. The number of carbonyl (C=O) groups excluding carboxylic acids is 2. The molecular formula is C24H32ClN3O4S. The monoisotopic (exact) mass is 493 g/mol. The van der Waals surface area contributed by atoms with Crippen molar-refractivity contribution in [3.8, 4) is 0 Å². The van der Waals surface area contributed by atoms with E-state index in [0.717, 1.165) is 22.5 Å². The van der Waals surface area contributed by atoms with E-state index in [2.05, 4.69) is 5.32 Å². The van der Waals surface area contributed by atoms with E-state index < -0.39 is 28.5 Å². The van der Waals surface area contributed by atoms with E-state index in [1.165, 1.54) is 4.90 Å². The number of carbonyl (C=O) groups is 2. The highest BCUT2D eigenvalue weighted by Crippen LogP contribution is 2.27. The molecule has 2 atom stereocenters. The first-order valence-corrected chi connectivity index (χ1v) is 13.1. The van der Waals surface area contributed by atoms with Crippen molar-refractivity contribution >= 4 is 39.1 Å². The maximum atomic E-state index is 13.4. The molecule has 0 saturated carbocycles. The summed E-state index contributed by atoms with van der Waals surface area (Å²) in [5.74, 6) is -0.766. The van der Waals surface area contributed by atoms with E-state index in [1.807, 2.05) is 44.2 Å². The van der Waals surface area contributed by atoms with Crippen LogP contribution in [0.4, 0.5) is 5.69 Å². The molecule has 2 aromatic rings. The van der Waals surface area contributed by atoms with Crippen molar-refractivity contribution < 1.29 is 18.0 Å². The first kappa shape index (κ1) is 26.7. The molecule has 33 heavy (non-hydrogen) atoms. The summed E-state index contributed by atoms with van der Waals surface area (Å²) in [5, 5.41) is 3.12. The van der Waals surface area contributed by atoms with Gasteiger partial charge in [0, 0.05) is 12.6 Å². The number of hydrogen-bond donors (Lipinski definition) is 1. The predicted octanol–water partition coefficient (Wildman–Crippen LogP) is 3.48. The molecule has 0 aliphatic carbocycles. The maximum absolute atomic E-state index is 13.4. The molecule has 0 aliphatic heterocycles. The number of anilines is 1.